The highest BCUT2D eigenvalue weighted by atomic mass is 19.1. The van der Waals surface area contributed by atoms with E-state index in [1.54, 1.807) is 0 Å². The van der Waals surface area contributed by atoms with Crippen molar-refractivity contribution >= 4 is 17.8 Å². The molecule has 2 N–H and O–H groups in total. The van der Waals surface area contributed by atoms with Crippen LogP contribution in [0.25, 0.3) is 0 Å². The maximum atomic E-state index is 13.2. The van der Waals surface area contributed by atoms with Crippen molar-refractivity contribution in [3.8, 4) is 0 Å². The third-order valence-corrected chi connectivity index (χ3v) is 2.88. The molecule has 0 aromatic heterocycles. The topological polar surface area (TPSA) is 86.7 Å². The highest BCUT2D eigenvalue weighted by Crippen LogP contribution is 2.10. The first-order valence-electron chi connectivity index (χ1n) is 6.36. The average Bonchev–Trinajstić information content (AvgIpc) is 2.42. The number of aliphatic carboxylic acids is 1. The highest BCUT2D eigenvalue weighted by molar-refractivity contribution is 5.96. The van der Waals surface area contributed by atoms with E-state index in [4.69, 9.17) is 5.11 Å². The van der Waals surface area contributed by atoms with Gasteiger partial charge in [0.1, 0.15) is 11.9 Å². The first kappa shape index (κ1) is 16.6. The van der Waals surface area contributed by atoms with Gasteiger partial charge in [0, 0.05) is 25.6 Å². The monoisotopic (exact) mass is 296 g/mol. The molecule has 0 saturated heterocycles. The maximum Gasteiger partial charge on any atom is 0.326 e. The Morgan fingerprint density at radius 3 is 2.57 bits per heavy atom. The number of hydrogen-bond donors (Lipinski definition) is 2. The number of carbonyl (C=O) groups is 3. The molecular formula is C14H17FN2O4. The molecule has 7 heteroatoms. The molecule has 0 spiro atoms. The van der Waals surface area contributed by atoms with Crippen LogP contribution in [0.3, 0.4) is 0 Å². The minimum atomic E-state index is -1.18. The van der Waals surface area contributed by atoms with Gasteiger partial charge in [0.2, 0.25) is 5.91 Å². The number of halogens is 1. The zero-order valence-electron chi connectivity index (χ0n) is 11.8. The number of benzene rings is 1. The second-order valence-electron chi connectivity index (χ2n) is 4.51. The first-order chi connectivity index (χ1) is 9.82. The Labute approximate surface area is 121 Å². The van der Waals surface area contributed by atoms with Crippen molar-refractivity contribution in [3.05, 3.63) is 35.6 Å². The summed E-state index contributed by atoms with van der Waals surface area (Å²) in [6.07, 6.45) is 0. The third kappa shape index (κ3) is 4.87. The number of nitrogens with one attached hydrogen (secondary N) is 1. The molecule has 0 saturated carbocycles. The van der Waals surface area contributed by atoms with Gasteiger partial charge in [-0.15, -0.1) is 0 Å². The van der Waals surface area contributed by atoms with Crippen molar-refractivity contribution in [3.63, 3.8) is 0 Å². The third-order valence-electron chi connectivity index (χ3n) is 2.88. The predicted molar refractivity (Wildman–Crippen MR) is 73.2 cm³/mol. The van der Waals surface area contributed by atoms with E-state index in [-0.39, 0.29) is 24.6 Å². The lowest BCUT2D eigenvalue weighted by atomic mass is 10.1. The van der Waals surface area contributed by atoms with Crippen LogP contribution in [0.5, 0.6) is 0 Å². The number of hydrogen-bond acceptors (Lipinski definition) is 3. The van der Waals surface area contributed by atoms with E-state index < -0.39 is 23.7 Å². The molecule has 1 atom stereocenters. The van der Waals surface area contributed by atoms with Crippen LogP contribution < -0.4 is 5.32 Å². The van der Waals surface area contributed by atoms with Gasteiger partial charge in [0.25, 0.3) is 5.91 Å². The molecule has 0 heterocycles. The molecule has 1 aromatic rings. The van der Waals surface area contributed by atoms with Crippen molar-refractivity contribution in [2.45, 2.75) is 19.9 Å². The molecule has 0 bridgehead atoms. The largest absolute Gasteiger partial charge is 0.480 e. The van der Waals surface area contributed by atoms with E-state index >= 15 is 0 Å². The highest BCUT2D eigenvalue weighted by Gasteiger charge is 2.26. The van der Waals surface area contributed by atoms with Crippen LogP contribution in [0, 0.1) is 5.82 Å². The summed E-state index contributed by atoms with van der Waals surface area (Å²) in [5.74, 6) is -2.64. The van der Waals surface area contributed by atoms with E-state index in [0.29, 0.717) is 0 Å². The number of amides is 2. The molecule has 1 unspecified atom stereocenters. The molecule has 0 aliphatic heterocycles. The summed E-state index contributed by atoms with van der Waals surface area (Å²) in [5, 5.41) is 11.5. The Balaban J connectivity index is 2.91. The Kier molecular flexibility index (Phi) is 5.83. The van der Waals surface area contributed by atoms with E-state index in [1.165, 1.54) is 32.0 Å². The fourth-order valence-electron chi connectivity index (χ4n) is 1.74. The Bertz CT molecular complexity index is 548. The normalized spacial score (nSPS) is 11.6. The van der Waals surface area contributed by atoms with Gasteiger partial charge in [-0.05, 0) is 25.1 Å². The minimum absolute atomic E-state index is 0.0163. The molecular weight excluding hydrogens is 279 g/mol. The number of carboxylic acid groups (broad SMARTS) is 1. The van der Waals surface area contributed by atoms with Crippen LogP contribution in [0.1, 0.15) is 24.2 Å². The zero-order valence-corrected chi connectivity index (χ0v) is 11.8. The second-order valence-corrected chi connectivity index (χ2v) is 4.51. The molecule has 0 aliphatic carbocycles. The zero-order chi connectivity index (χ0) is 16.0. The molecule has 1 rings (SSSR count). The summed E-state index contributed by atoms with van der Waals surface area (Å²) in [4.78, 5) is 35.3. The van der Waals surface area contributed by atoms with E-state index in [0.717, 1.165) is 11.0 Å². The van der Waals surface area contributed by atoms with Gasteiger partial charge in [-0.2, -0.15) is 0 Å². The van der Waals surface area contributed by atoms with Crippen molar-refractivity contribution in [2.75, 3.05) is 13.1 Å². The maximum absolute atomic E-state index is 13.2. The number of carbonyl (C=O) groups excluding carboxylic acids is 2. The summed E-state index contributed by atoms with van der Waals surface area (Å²) < 4.78 is 13.2. The van der Waals surface area contributed by atoms with E-state index in [1.807, 2.05) is 0 Å². The fourth-order valence-corrected chi connectivity index (χ4v) is 1.74. The lowest BCUT2D eigenvalue weighted by Gasteiger charge is -2.26. The summed E-state index contributed by atoms with van der Waals surface area (Å²) >= 11 is 0. The summed E-state index contributed by atoms with van der Waals surface area (Å²) in [7, 11) is 0. The van der Waals surface area contributed by atoms with Crippen LogP contribution in [-0.4, -0.2) is 46.9 Å². The SMILES string of the molecule is CC(=O)NCCN(C(=O)c1cccc(F)c1)C(C)C(=O)O. The van der Waals surface area contributed by atoms with Crippen LogP contribution in [0.2, 0.25) is 0 Å². The number of rotatable bonds is 6. The summed E-state index contributed by atoms with van der Waals surface area (Å²) in [6, 6.07) is 3.93. The molecule has 0 aliphatic rings. The van der Waals surface area contributed by atoms with Gasteiger partial charge in [-0.25, -0.2) is 9.18 Å². The lowest BCUT2D eigenvalue weighted by molar-refractivity contribution is -0.141. The minimum Gasteiger partial charge on any atom is -0.480 e. The average molecular weight is 296 g/mol. The summed E-state index contributed by atoms with van der Waals surface area (Å²) in [5.41, 5.74) is 0.0610. The predicted octanol–water partition coefficient (Wildman–Crippen LogP) is 0.877. The van der Waals surface area contributed by atoms with Gasteiger partial charge in [-0.1, -0.05) is 6.07 Å². The van der Waals surface area contributed by atoms with Crippen LogP contribution in [0.4, 0.5) is 4.39 Å². The van der Waals surface area contributed by atoms with E-state index in [9.17, 15) is 18.8 Å². The number of carboxylic acids is 1. The van der Waals surface area contributed by atoms with Gasteiger partial charge < -0.3 is 15.3 Å². The number of nitrogens with zero attached hydrogens (tertiary/aromatic N) is 1. The molecule has 6 nitrogen and oxygen atoms in total. The van der Waals surface area contributed by atoms with Crippen LogP contribution >= 0.6 is 0 Å². The van der Waals surface area contributed by atoms with Crippen LogP contribution in [-0.2, 0) is 9.59 Å². The van der Waals surface area contributed by atoms with Crippen molar-refractivity contribution in [1.82, 2.24) is 10.2 Å². The van der Waals surface area contributed by atoms with Gasteiger partial charge in [0.05, 0.1) is 0 Å². The van der Waals surface area contributed by atoms with Gasteiger partial charge in [0.15, 0.2) is 0 Å². The van der Waals surface area contributed by atoms with Crippen molar-refractivity contribution < 1.29 is 23.9 Å². The molecule has 0 fully saturated rings. The quantitative estimate of drug-likeness (QED) is 0.815. The Morgan fingerprint density at radius 1 is 1.38 bits per heavy atom. The molecule has 2 amide bonds. The second kappa shape index (κ2) is 7.37. The van der Waals surface area contributed by atoms with Crippen molar-refractivity contribution in [1.29, 1.82) is 0 Å². The van der Waals surface area contributed by atoms with Crippen LogP contribution in [0.15, 0.2) is 24.3 Å². The smallest absolute Gasteiger partial charge is 0.326 e. The molecule has 21 heavy (non-hydrogen) atoms. The molecule has 0 radical (unpaired) electrons. The Morgan fingerprint density at radius 2 is 2.05 bits per heavy atom. The van der Waals surface area contributed by atoms with Gasteiger partial charge in [-0.3, -0.25) is 9.59 Å². The Hall–Kier alpha value is -2.44. The lowest BCUT2D eigenvalue weighted by Crippen LogP contribution is -2.46. The standard InChI is InChI=1S/C14H17FN2O4/c1-9(14(20)21)17(7-6-16-10(2)18)13(19)11-4-3-5-12(15)8-11/h3-5,8-9H,6-7H2,1-2H3,(H,16,18)(H,20,21). The van der Waals surface area contributed by atoms with Gasteiger partial charge >= 0.3 is 5.97 Å². The van der Waals surface area contributed by atoms with E-state index in [2.05, 4.69) is 5.32 Å². The molecule has 114 valence electrons. The summed E-state index contributed by atoms with van der Waals surface area (Å²) in [6.45, 7) is 2.81. The van der Waals surface area contributed by atoms with Crippen molar-refractivity contribution in [2.24, 2.45) is 0 Å². The first-order valence-corrected chi connectivity index (χ1v) is 6.36. The fraction of sp³-hybridized carbons (Fsp3) is 0.357. The molecule has 1 aromatic carbocycles.